The van der Waals surface area contributed by atoms with Crippen LogP contribution in [0.2, 0.25) is 0 Å². The number of benzene rings is 2. The molecule has 0 spiro atoms. The Labute approximate surface area is 124 Å². The Morgan fingerprint density at radius 2 is 2.05 bits per heavy atom. The topological polar surface area (TPSA) is 38.9 Å². The van der Waals surface area contributed by atoms with Crippen LogP contribution in [0.3, 0.4) is 0 Å². The molecule has 3 aromatic rings. The van der Waals surface area contributed by atoms with Gasteiger partial charge in [0.05, 0.1) is 0 Å². The number of hydrogen-bond donors (Lipinski definition) is 1. The molecule has 3 rings (SSSR count). The molecule has 2 N–H and O–H groups in total. The fourth-order valence-electron chi connectivity index (χ4n) is 1.90. The van der Waals surface area contributed by atoms with E-state index in [1.165, 1.54) is 12.1 Å². The number of hydrogen-bond acceptors (Lipinski definition) is 2. The van der Waals surface area contributed by atoms with Crippen molar-refractivity contribution in [3.05, 3.63) is 46.2 Å². The van der Waals surface area contributed by atoms with E-state index in [2.05, 4.69) is 20.9 Å². The minimum atomic E-state index is -0.241. The number of nitrogens with two attached hydrogens (primary N) is 1. The standard InChI is InChI=1S/C14H10BrFN2Se/c1-7-4-8(5-10(15)13(7)17)14-18-11-6-9(16)2-3-12(11)19-14/h2-6H,17H2,1H3. The average molecular weight is 384 g/mol. The molecule has 5 heteroatoms. The fourth-order valence-corrected chi connectivity index (χ4v) is 4.42. The van der Waals surface area contributed by atoms with Gasteiger partial charge in [0.2, 0.25) is 0 Å². The van der Waals surface area contributed by atoms with Crippen molar-refractivity contribution in [2.24, 2.45) is 0 Å². The maximum atomic E-state index is 13.2. The molecule has 0 radical (unpaired) electrons. The summed E-state index contributed by atoms with van der Waals surface area (Å²) in [6.45, 7) is 1.97. The molecule has 0 unspecified atom stereocenters. The van der Waals surface area contributed by atoms with Gasteiger partial charge < -0.3 is 0 Å². The second-order valence-corrected chi connectivity index (χ2v) is 7.34. The van der Waals surface area contributed by atoms with Crippen molar-refractivity contribution < 1.29 is 4.39 Å². The van der Waals surface area contributed by atoms with Gasteiger partial charge in [-0.15, -0.1) is 0 Å². The Kier molecular flexibility index (Phi) is 3.21. The van der Waals surface area contributed by atoms with Crippen molar-refractivity contribution >= 4 is 45.9 Å². The zero-order chi connectivity index (χ0) is 13.6. The van der Waals surface area contributed by atoms with Crippen molar-refractivity contribution in [2.45, 2.75) is 6.92 Å². The van der Waals surface area contributed by atoms with Crippen LogP contribution in [-0.2, 0) is 0 Å². The molecule has 0 fully saturated rings. The van der Waals surface area contributed by atoms with Gasteiger partial charge in [-0.1, -0.05) is 0 Å². The van der Waals surface area contributed by atoms with E-state index in [1.807, 2.05) is 25.1 Å². The van der Waals surface area contributed by atoms with Crippen LogP contribution >= 0.6 is 15.9 Å². The summed E-state index contributed by atoms with van der Waals surface area (Å²) in [5.41, 5.74) is 9.49. The summed E-state index contributed by atoms with van der Waals surface area (Å²) < 4.78 is 16.2. The molecule has 0 aliphatic carbocycles. The van der Waals surface area contributed by atoms with E-state index >= 15 is 0 Å². The molecule has 2 aromatic carbocycles. The van der Waals surface area contributed by atoms with Gasteiger partial charge >= 0.3 is 124 Å². The zero-order valence-electron chi connectivity index (χ0n) is 10.1. The molecule has 0 bridgehead atoms. The van der Waals surface area contributed by atoms with Crippen LogP contribution < -0.4 is 5.73 Å². The van der Waals surface area contributed by atoms with Crippen LogP contribution in [0.25, 0.3) is 19.9 Å². The number of nitrogen functional groups attached to an aromatic ring is 1. The first-order chi connectivity index (χ1) is 9.04. The van der Waals surface area contributed by atoms with E-state index in [0.717, 1.165) is 35.6 Å². The number of nitrogens with zero attached hydrogens (tertiary/aromatic N) is 1. The normalized spacial score (nSPS) is 11.1. The number of rotatable bonds is 1. The van der Waals surface area contributed by atoms with Crippen molar-refractivity contribution in [1.82, 2.24) is 4.98 Å². The van der Waals surface area contributed by atoms with Crippen LogP contribution in [0.15, 0.2) is 34.8 Å². The van der Waals surface area contributed by atoms with Crippen LogP contribution in [0.1, 0.15) is 5.56 Å². The molecule has 0 atom stereocenters. The molecule has 0 saturated heterocycles. The van der Waals surface area contributed by atoms with Gasteiger partial charge in [0.1, 0.15) is 0 Å². The summed E-state index contributed by atoms with van der Waals surface area (Å²) in [6, 6.07) is 8.81. The fraction of sp³-hybridized carbons (Fsp3) is 0.0714. The Bertz CT molecular complexity index is 759. The summed E-state index contributed by atoms with van der Waals surface area (Å²) in [5.74, 6) is -0.241. The van der Waals surface area contributed by atoms with E-state index < -0.39 is 0 Å². The van der Waals surface area contributed by atoms with Gasteiger partial charge in [0.15, 0.2) is 0 Å². The summed E-state index contributed by atoms with van der Waals surface area (Å²) in [4.78, 5) is 4.54. The van der Waals surface area contributed by atoms with Gasteiger partial charge in [0, 0.05) is 0 Å². The summed E-state index contributed by atoms with van der Waals surface area (Å²) in [7, 11) is 0. The predicted molar refractivity (Wildman–Crippen MR) is 80.9 cm³/mol. The van der Waals surface area contributed by atoms with Crippen molar-refractivity contribution in [2.75, 3.05) is 5.73 Å². The van der Waals surface area contributed by atoms with Gasteiger partial charge in [-0.25, -0.2) is 0 Å². The number of halogens is 2. The molecule has 1 aromatic heterocycles. The summed E-state index contributed by atoms with van der Waals surface area (Å²) in [6.07, 6.45) is 0. The first-order valence-electron chi connectivity index (χ1n) is 5.66. The molecule has 0 aliphatic rings. The van der Waals surface area contributed by atoms with E-state index in [1.54, 1.807) is 0 Å². The molecule has 1 heterocycles. The summed E-state index contributed by atoms with van der Waals surface area (Å²) in [5, 5.41) is 0. The molecule has 0 amide bonds. The van der Waals surface area contributed by atoms with Crippen LogP contribution in [-0.4, -0.2) is 19.5 Å². The monoisotopic (exact) mass is 384 g/mol. The van der Waals surface area contributed by atoms with Crippen molar-refractivity contribution in [1.29, 1.82) is 0 Å². The van der Waals surface area contributed by atoms with E-state index in [4.69, 9.17) is 5.73 Å². The predicted octanol–water partition coefficient (Wildman–Crippen LogP) is 3.75. The molecule has 0 saturated carbocycles. The van der Waals surface area contributed by atoms with Gasteiger partial charge in [-0.3, -0.25) is 0 Å². The van der Waals surface area contributed by atoms with E-state index in [0.29, 0.717) is 0 Å². The minimum absolute atomic E-state index is 0.116. The van der Waals surface area contributed by atoms with E-state index in [-0.39, 0.29) is 20.3 Å². The second-order valence-electron chi connectivity index (χ2n) is 4.32. The van der Waals surface area contributed by atoms with Crippen molar-refractivity contribution in [3.63, 3.8) is 0 Å². The molecular weight excluding hydrogens is 374 g/mol. The Morgan fingerprint density at radius 3 is 2.79 bits per heavy atom. The Hall–Kier alpha value is -1.16. The van der Waals surface area contributed by atoms with E-state index in [9.17, 15) is 4.39 Å². The number of aromatic nitrogens is 1. The molecule has 96 valence electrons. The van der Waals surface area contributed by atoms with Crippen LogP contribution in [0.4, 0.5) is 10.1 Å². The van der Waals surface area contributed by atoms with Gasteiger partial charge in [-0.05, 0) is 0 Å². The van der Waals surface area contributed by atoms with Gasteiger partial charge in [0.25, 0.3) is 0 Å². The van der Waals surface area contributed by atoms with Gasteiger partial charge in [-0.2, -0.15) is 0 Å². The Balaban J connectivity index is 2.19. The molecule has 19 heavy (non-hydrogen) atoms. The third-order valence-electron chi connectivity index (χ3n) is 2.93. The number of anilines is 1. The molecular formula is C14H10BrFN2Se. The molecule has 0 aliphatic heterocycles. The third-order valence-corrected chi connectivity index (χ3v) is 5.87. The second kappa shape index (κ2) is 4.74. The van der Waals surface area contributed by atoms with Crippen LogP contribution in [0, 0.1) is 12.7 Å². The first-order valence-corrected chi connectivity index (χ1v) is 8.17. The Morgan fingerprint density at radius 1 is 1.26 bits per heavy atom. The number of aryl methyl sites for hydroxylation is 1. The zero-order valence-corrected chi connectivity index (χ0v) is 13.4. The summed E-state index contributed by atoms with van der Waals surface area (Å²) >= 11 is 3.57. The maximum absolute atomic E-state index is 13.2. The quantitative estimate of drug-likeness (QED) is 0.513. The first kappa shape index (κ1) is 12.9. The number of fused-ring (bicyclic) bond motifs is 1. The average Bonchev–Trinajstić information content (AvgIpc) is 2.78. The van der Waals surface area contributed by atoms with Crippen LogP contribution in [0.5, 0.6) is 0 Å². The third kappa shape index (κ3) is 2.34. The molecule has 2 nitrogen and oxygen atoms in total. The van der Waals surface area contributed by atoms with Crippen molar-refractivity contribution in [3.8, 4) is 10.1 Å². The SMILES string of the molecule is Cc1cc(-c2nc3cc(F)ccc3[se]2)cc(Br)c1N.